The van der Waals surface area contributed by atoms with E-state index in [2.05, 4.69) is 24.1 Å². The highest BCUT2D eigenvalue weighted by atomic mass is 32.1. The van der Waals surface area contributed by atoms with Gasteiger partial charge in [-0.1, -0.05) is 13.8 Å². The third-order valence-corrected chi connectivity index (χ3v) is 3.55. The zero-order valence-electron chi connectivity index (χ0n) is 10.7. The second-order valence-corrected chi connectivity index (χ2v) is 6.26. The van der Waals surface area contributed by atoms with E-state index in [9.17, 15) is 4.79 Å². The Balaban J connectivity index is 2.35. The Kier molecular flexibility index (Phi) is 5.08. The first-order valence-corrected chi connectivity index (χ1v) is 6.67. The van der Waals surface area contributed by atoms with Gasteiger partial charge in [0, 0.05) is 17.5 Å². The van der Waals surface area contributed by atoms with Crippen LogP contribution in [0.15, 0.2) is 6.20 Å². The fraction of sp³-hybridized carbons (Fsp3) is 0.667. The van der Waals surface area contributed by atoms with E-state index >= 15 is 0 Å². The number of carbonyl (C=O) groups is 1. The lowest BCUT2D eigenvalue weighted by molar-refractivity contribution is -0.116. The third-order valence-electron chi connectivity index (χ3n) is 2.72. The average Bonchev–Trinajstić information content (AvgIpc) is 2.61. The molecule has 5 heteroatoms. The predicted molar refractivity (Wildman–Crippen MR) is 72.2 cm³/mol. The highest BCUT2D eigenvalue weighted by Crippen LogP contribution is 2.26. The molecule has 0 fully saturated rings. The van der Waals surface area contributed by atoms with Gasteiger partial charge in [-0.15, -0.1) is 11.3 Å². The molecular weight excluding hydrogens is 234 g/mol. The van der Waals surface area contributed by atoms with E-state index in [0.29, 0.717) is 18.1 Å². The van der Waals surface area contributed by atoms with Gasteiger partial charge >= 0.3 is 0 Å². The fourth-order valence-corrected chi connectivity index (χ4v) is 2.24. The van der Waals surface area contributed by atoms with Crippen LogP contribution < -0.4 is 11.1 Å². The normalized spacial score (nSPS) is 11.5. The number of nitrogens with zero attached hydrogens (tertiary/aromatic N) is 1. The molecule has 0 aromatic carbocycles. The SMILES string of the molecule is Cc1cnc(NC(=O)CCC(C)(C)CCN)s1. The molecule has 0 bridgehead atoms. The number of thiazole rings is 1. The summed E-state index contributed by atoms with van der Waals surface area (Å²) < 4.78 is 0. The van der Waals surface area contributed by atoms with E-state index in [1.54, 1.807) is 6.20 Å². The number of amides is 1. The van der Waals surface area contributed by atoms with Crippen LogP contribution in [0.25, 0.3) is 0 Å². The van der Waals surface area contributed by atoms with Crippen LogP contribution >= 0.6 is 11.3 Å². The Morgan fingerprint density at radius 1 is 1.53 bits per heavy atom. The van der Waals surface area contributed by atoms with Crippen molar-refractivity contribution in [3.05, 3.63) is 11.1 Å². The molecule has 0 radical (unpaired) electrons. The van der Waals surface area contributed by atoms with Crippen molar-refractivity contribution >= 4 is 22.4 Å². The van der Waals surface area contributed by atoms with Crippen LogP contribution in [0.3, 0.4) is 0 Å². The molecule has 0 aliphatic carbocycles. The summed E-state index contributed by atoms with van der Waals surface area (Å²) in [4.78, 5) is 16.9. The summed E-state index contributed by atoms with van der Waals surface area (Å²) in [5, 5.41) is 3.50. The number of anilines is 1. The monoisotopic (exact) mass is 255 g/mol. The van der Waals surface area contributed by atoms with Crippen molar-refractivity contribution in [2.45, 2.75) is 40.0 Å². The highest BCUT2D eigenvalue weighted by molar-refractivity contribution is 7.15. The van der Waals surface area contributed by atoms with Gasteiger partial charge in [0.2, 0.25) is 5.91 Å². The zero-order valence-corrected chi connectivity index (χ0v) is 11.6. The fourth-order valence-electron chi connectivity index (χ4n) is 1.56. The van der Waals surface area contributed by atoms with E-state index in [1.807, 2.05) is 6.92 Å². The van der Waals surface area contributed by atoms with Crippen molar-refractivity contribution in [2.75, 3.05) is 11.9 Å². The predicted octanol–water partition coefficient (Wildman–Crippen LogP) is 2.55. The summed E-state index contributed by atoms with van der Waals surface area (Å²) in [6, 6.07) is 0. The van der Waals surface area contributed by atoms with Gasteiger partial charge in [-0.3, -0.25) is 4.79 Å². The molecule has 0 unspecified atom stereocenters. The van der Waals surface area contributed by atoms with Crippen LogP contribution in [0.1, 0.15) is 38.0 Å². The number of aryl methyl sites for hydroxylation is 1. The van der Waals surface area contributed by atoms with E-state index < -0.39 is 0 Å². The lowest BCUT2D eigenvalue weighted by Crippen LogP contribution is -2.20. The third kappa shape index (κ3) is 5.28. The molecule has 0 aliphatic rings. The van der Waals surface area contributed by atoms with Gasteiger partial charge in [-0.05, 0) is 31.7 Å². The summed E-state index contributed by atoms with van der Waals surface area (Å²) in [7, 11) is 0. The number of rotatable bonds is 6. The number of nitrogens with two attached hydrogens (primary N) is 1. The minimum absolute atomic E-state index is 0.0319. The van der Waals surface area contributed by atoms with Gasteiger partial charge in [-0.25, -0.2) is 4.98 Å². The summed E-state index contributed by atoms with van der Waals surface area (Å²) in [5.41, 5.74) is 5.67. The maximum atomic E-state index is 11.7. The first kappa shape index (κ1) is 14.1. The number of hydrogen-bond acceptors (Lipinski definition) is 4. The summed E-state index contributed by atoms with van der Waals surface area (Å²) in [6.45, 7) is 6.92. The maximum absolute atomic E-state index is 11.7. The van der Waals surface area contributed by atoms with Crippen molar-refractivity contribution < 1.29 is 4.79 Å². The molecule has 0 atom stereocenters. The maximum Gasteiger partial charge on any atom is 0.226 e. The molecular formula is C12H21N3OS. The van der Waals surface area contributed by atoms with Crippen molar-refractivity contribution in [2.24, 2.45) is 11.1 Å². The second-order valence-electron chi connectivity index (χ2n) is 5.03. The van der Waals surface area contributed by atoms with Crippen LogP contribution in [0.4, 0.5) is 5.13 Å². The average molecular weight is 255 g/mol. The molecule has 0 aliphatic heterocycles. The lowest BCUT2D eigenvalue weighted by Gasteiger charge is -2.23. The summed E-state index contributed by atoms with van der Waals surface area (Å²) >= 11 is 1.50. The Morgan fingerprint density at radius 2 is 2.24 bits per heavy atom. The van der Waals surface area contributed by atoms with Crippen molar-refractivity contribution in [3.63, 3.8) is 0 Å². The molecule has 0 saturated heterocycles. The van der Waals surface area contributed by atoms with Gasteiger partial charge in [0.25, 0.3) is 0 Å². The van der Waals surface area contributed by atoms with Crippen molar-refractivity contribution in [1.29, 1.82) is 0 Å². The Labute approximate surface area is 107 Å². The van der Waals surface area contributed by atoms with Crippen LogP contribution in [0.5, 0.6) is 0 Å². The first-order chi connectivity index (χ1) is 7.93. The van der Waals surface area contributed by atoms with Crippen LogP contribution in [-0.4, -0.2) is 17.4 Å². The van der Waals surface area contributed by atoms with E-state index in [0.717, 1.165) is 17.7 Å². The van der Waals surface area contributed by atoms with E-state index in [1.165, 1.54) is 11.3 Å². The molecule has 4 nitrogen and oxygen atoms in total. The first-order valence-electron chi connectivity index (χ1n) is 5.85. The molecule has 1 aromatic rings. The van der Waals surface area contributed by atoms with Crippen LogP contribution in [0, 0.1) is 12.3 Å². The largest absolute Gasteiger partial charge is 0.330 e. The van der Waals surface area contributed by atoms with Gasteiger partial charge in [0.05, 0.1) is 0 Å². The molecule has 96 valence electrons. The molecule has 0 spiro atoms. The number of carbonyl (C=O) groups excluding carboxylic acids is 1. The Hall–Kier alpha value is -0.940. The van der Waals surface area contributed by atoms with E-state index in [4.69, 9.17) is 5.73 Å². The molecule has 0 saturated carbocycles. The smallest absolute Gasteiger partial charge is 0.226 e. The molecule has 1 aromatic heterocycles. The van der Waals surface area contributed by atoms with Crippen LogP contribution in [-0.2, 0) is 4.79 Å². The number of hydrogen-bond donors (Lipinski definition) is 2. The van der Waals surface area contributed by atoms with Gasteiger partial charge in [-0.2, -0.15) is 0 Å². The number of aromatic nitrogens is 1. The van der Waals surface area contributed by atoms with Crippen molar-refractivity contribution in [1.82, 2.24) is 4.98 Å². The summed E-state index contributed by atoms with van der Waals surface area (Å²) in [5.74, 6) is 0.0319. The topological polar surface area (TPSA) is 68.0 Å². The summed E-state index contributed by atoms with van der Waals surface area (Å²) in [6.07, 6.45) is 4.07. The zero-order chi connectivity index (χ0) is 12.9. The Bertz CT molecular complexity index is 374. The standard InChI is InChI=1S/C12H21N3OS/c1-9-8-14-11(17-9)15-10(16)4-5-12(2,3)6-7-13/h8H,4-7,13H2,1-3H3,(H,14,15,16). The van der Waals surface area contributed by atoms with E-state index in [-0.39, 0.29) is 11.3 Å². The number of nitrogens with one attached hydrogen (secondary N) is 1. The highest BCUT2D eigenvalue weighted by Gasteiger charge is 2.18. The molecule has 1 amide bonds. The Morgan fingerprint density at radius 3 is 2.76 bits per heavy atom. The molecule has 1 heterocycles. The molecule has 1 rings (SSSR count). The molecule has 3 N–H and O–H groups in total. The quantitative estimate of drug-likeness (QED) is 0.820. The van der Waals surface area contributed by atoms with Gasteiger partial charge in [0.1, 0.15) is 0 Å². The minimum Gasteiger partial charge on any atom is -0.330 e. The molecule has 17 heavy (non-hydrogen) atoms. The van der Waals surface area contributed by atoms with Gasteiger partial charge in [0.15, 0.2) is 5.13 Å². The second kappa shape index (κ2) is 6.12. The lowest BCUT2D eigenvalue weighted by atomic mass is 9.84. The van der Waals surface area contributed by atoms with Gasteiger partial charge < -0.3 is 11.1 Å². The minimum atomic E-state index is 0.0319. The van der Waals surface area contributed by atoms with Crippen molar-refractivity contribution in [3.8, 4) is 0 Å². The van der Waals surface area contributed by atoms with Crippen LogP contribution in [0.2, 0.25) is 0 Å².